The first-order valence-corrected chi connectivity index (χ1v) is 9.74. The molecule has 0 spiro atoms. The smallest absolute Gasteiger partial charge is 0.279 e. The molecule has 0 unspecified atom stereocenters. The minimum absolute atomic E-state index is 0.156. The third-order valence-corrected chi connectivity index (χ3v) is 4.81. The molecule has 32 heavy (non-hydrogen) atoms. The molecule has 5 N–H and O–H groups in total. The van der Waals surface area contributed by atoms with Crippen molar-refractivity contribution in [2.24, 2.45) is 5.73 Å². The standard InChI is InChI=1S/C21H22N8O3/c1-21(2,32)14-7-4-8-16(26-14)28-9-5-6-13(20(28)31)25-15-10-17(23-3)29-19(27-15)12(11-24-29)18(22)30/h4-11,23,32H,1-3H3,(H2,22,30)(H,25,27). The molecule has 0 atom stereocenters. The van der Waals surface area contributed by atoms with E-state index in [0.717, 1.165) is 0 Å². The predicted molar refractivity (Wildman–Crippen MR) is 119 cm³/mol. The summed E-state index contributed by atoms with van der Waals surface area (Å²) in [5, 5.41) is 20.3. The third kappa shape index (κ3) is 3.76. The van der Waals surface area contributed by atoms with Gasteiger partial charge in [0.1, 0.15) is 34.3 Å². The Bertz CT molecular complexity index is 1380. The number of hydrogen-bond donors (Lipinski definition) is 4. The average Bonchev–Trinajstić information content (AvgIpc) is 3.18. The zero-order valence-corrected chi connectivity index (χ0v) is 17.7. The highest BCUT2D eigenvalue weighted by molar-refractivity contribution is 5.98. The van der Waals surface area contributed by atoms with Gasteiger partial charge in [0.15, 0.2) is 5.65 Å². The fraction of sp³-hybridized carbons (Fsp3) is 0.190. The number of carbonyl (C=O) groups is 1. The van der Waals surface area contributed by atoms with E-state index in [1.807, 2.05) is 0 Å². The van der Waals surface area contributed by atoms with Crippen LogP contribution >= 0.6 is 0 Å². The lowest BCUT2D eigenvalue weighted by molar-refractivity contribution is 0.0738. The number of primary amides is 1. The van der Waals surface area contributed by atoms with Gasteiger partial charge in [0, 0.05) is 19.3 Å². The van der Waals surface area contributed by atoms with E-state index in [1.165, 1.54) is 15.3 Å². The lowest BCUT2D eigenvalue weighted by Crippen LogP contribution is -2.23. The first kappa shape index (κ1) is 21.0. The van der Waals surface area contributed by atoms with Crippen molar-refractivity contribution in [3.63, 3.8) is 0 Å². The molecule has 0 saturated carbocycles. The number of pyridine rings is 2. The van der Waals surface area contributed by atoms with Gasteiger partial charge in [-0.1, -0.05) is 6.07 Å². The van der Waals surface area contributed by atoms with Crippen molar-refractivity contribution in [1.29, 1.82) is 0 Å². The van der Waals surface area contributed by atoms with E-state index in [9.17, 15) is 14.7 Å². The Morgan fingerprint density at radius 1 is 1.19 bits per heavy atom. The summed E-state index contributed by atoms with van der Waals surface area (Å²) in [5.41, 5.74) is 4.98. The second kappa shape index (κ2) is 7.78. The third-order valence-electron chi connectivity index (χ3n) is 4.81. The fourth-order valence-corrected chi connectivity index (χ4v) is 3.18. The number of nitrogens with one attached hydrogen (secondary N) is 2. The van der Waals surface area contributed by atoms with E-state index in [2.05, 4.69) is 25.7 Å². The first-order valence-electron chi connectivity index (χ1n) is 9.74. The molecule has 4 heterocycles. The zero-order valence-electron chi connectivity index (χ0n) is 17.7. The molecule has 4 aromatic heterocycles. The number of rotatable bonds is 6. The van der Waals surface area contributed by atoms with Crippen LogP contribution in [0.4, 0.5) is 17.3 Å². The maximum Gasteiger partial charge on any atom is 0.279 e. The summed E-state index contributed by atoms with van der Waals surface area (Å²) in [6.07, 6.45) is 2.92. The van der Waals surface area contributed by atoms with Crippen LogP contribution in [0.3, 0.4) is 0 Å². The summed E-state index contributed by atoms with van der Waals surface area (Å²) in [6.45, 7) is 3.25. The minimum atomic E-state index is -1.15. The Morgan fingerprint density at radius 2 is 1.97 bits per heavy atom. The second-order valence-corrected chi connectivity index (χ2v) is 7.60. The Labute approximate surface area is 182 Å². The molecule has 4 aromatic rings. The highest BCUT2D eigenvalue weighted by atomic mass is 16.3. The summed E-state index contributed by atoms with van der Waals surface area (Å²) in [7, 11) is 1.70. The van der Waals surface area contributed by atoms with Crippen LogP contribution in [0.1, 0.15) is 29.9 Å². The molecule has 164 valence electrons. The van der Waals surface area contributed by atoms with Crippen molar-refractivity contribution in [2.75, 3.05) is 17.7 Å². The van der Waals surface area contributed by atoms with Crippen LogP contribution in [0.15, 0.2) is 53.6 Å². The molecular weight excluding hydrogens is 412 g/mol. The van der Waals surface area contributed by atoms with E-state index in [4.69, 9.17) is 5.73 Å². The summed E-state index contributed by atoms with van der Waals surface area (Å²) >= 11 is 0. The van der Waals surface area contributed by atoms with Gasteiger partial charge in [-0.25, -0.2) is 9.97 Å². The van der Waals surface area contributed by atoms with Crippen molar-refractivity contribution in [2.45, 2.75) is 19.4 Å². The largest absolute Gasteiger partial charge is 0.384 e. The van der Waals surface area contributed by atoms with Gasteiger partial charge in [0.25, 0.3) is 11.5 Å². The summed E-state index contributed by atoms with van der Waals surface area (Å²) < 4.78 is 2.81. The highest BCUT2D eigenvalue weighted by Gasteiger charge is 2.19. The topological polar surface area (TPSA) is 152 Å². The summed E-state index contributed by atoms with van der Waals surface area (Å²) in [6, 6.07) is 10.0. The first-order chi connectivity index (χ1) is 15.2. The van der Waals surface area contributed by atoms with Gasteiger partial charge in [0.2, 0.25) is 0 Å². The van der Waals surface area contributed by atoms with Gasteiger partial charge in [-0.05, 0) is 38.1 Å². The molecular formula is C21H22N8O3. The van der Waals surface area contributed by atoms with E-state index in [-0.39, 0.29) is 22.5 Å². The van der Waals surface area contributed by atoms with Gasteiger partial charge in [-0.3, -0.25) is 14.2 Å². The number of carbonyl (C=O) groups excluding carboxylic acids is 1. The van der Waals surface area contributed by atoms with E-state index >= 15 is 0 Å². The number of fused-ring (bicyclic) bond motifs is 1. The maximum atomic E-state index is 13.1. The van der Waals surface area contributed by atoms with Crippen LogP contribution in [0.5, 0.6) is 0 Å². The molecule has 0 aromatic carbocycles. The molecule has 0 saturated heterocycles. The number of amides is 1. The monoisotopic (exact) mass is 434 g/mol. The molecule has 0 aliphatic rings. The molecule has 11 nitrogen and oxygen atoms in total. The zero-order chi connectivity index (χ0) is 23.0. The summed E-state index contributed by atoms with van der Waals surface area (Å²) in [5.74, 6) is 0.564. The fourth-order valence-electron chi connectivity index (χ4n) is 3.18. The van der Waals surface area contributed by atoms with Crippen LogP contribution in [0.2, 0.25) is 0 Å². The normalized spacial score (nSPS) is 11.5. The SMILES string of the molecule is CNc1cc(Nc2cccn(-c3cccc(C(C)(C)O)n3)c2=O)nc2c(C(N)=O)cnn12. The number of hydrogen-bond acceptors (Lipinski definition) is 8. The number of aliphatic hydroxyl groups is 1. The van der Waals surface area contributed by atoms with Gasteiger partial charge in [0.05, 0.1) is 11.9 Å². The minimum Gasteiger partial charge on any atom is -0.384 e. The quantitative estimate of drug-likeness (QED) is 0.355. The number of anilines is 3. The molecule has 0 fully saturated rings. The van der Waals surface area contributed by atoms with Gasteiger partial charge < -0.3 is 21.5 Å². The Morgan fingerprint density at radius 3 is 2.66 bits per heavy atom. The molecule has 4 rings (SSSR count). The molecule has 0 aliphatic heterocycles. The van der Waals surface area contributed by atoms with Crippen LogP contribution < -0.4 is 21.9 Å². The van der Waals surface area contributed by atoms with Crippen molar-refractivity contribution in [3.05, 3.63) is 70.4 Å². The van der Waals surface area contributed by atoms with Gasteiger partial charge >= 0.3 is 0 Å². The van der Waals surface area contributed by atoms with E-state index in [0.29, 0.717) is 23.1 Å². The van der Waals surface area contributed by atoms with Crippen molar-refractivity contribution in [3.8, 4) is 5.82 Å². The van der Waals surface area contributed by atoms with Crippen LogP contribution in [0.25, 0.3) is 11.5 Å². The number of nitrogens with zero attached hydrogens (tertiary/aromatic N) is 5. The Hall–Kier alpha value is -4.25. The molecule has 0 radical (unpaired) electrons. The number of nitrogens with two attached hydrogens (primary N) is 1. The van der Waals surface area contributed by atoms with E-state index in [1.54, 1.807) is 63.5 Å². The van der Waals surface area contributed by atoms with Crippen LogP contribution in [0, 0.1) is 0 Å². The van der Waals surface area contributed by atoms with Crippen molar-refractivity contribution >= 4 is 28.9 Å². The second-order valence-electron chi connectivity index (χ2n) is 7.60. The molecule has 1 amide bonds. The van der Waals surface area contributed by atoms with Crippen LogP contribution in [-0.4, -0.2) is 42.2 Å². The van der Waals surface area contributed by atoms with E-state index < -0.39 is 11.5 Å². The maximum absolute atomic E-state index is 13.1. The predicted octanol–water partition coefficient (Wildman–Crippen LogP) is 1.39. The summed E-state index contributed by atoms with van der Waals surface area (Å²) in [4.78, 5) is 33.7. The Balaban J connectivity index is 1.77. The number of aromatic nitrogens is 5. The molecule has 11 heteroatoms. The lowest BCUT2D eigenvalue weighted by atomic mass is 10.1. The average molecular weight is 434 g/mol. The van der Waals surface area contributed by atoms with Gasteiger partial charge in [-0.15, -0.1) is 0 Å². The molecule has 0 bridgehead atoms. The van der Waals surface area contributed by atoms with Gasteiger partial charge in [-0.2, -0.15) is 9.61 Å². The lowest BCUT2D eigenvalue weighted by Gasteiger charge is -2.17. The van der Waals surface area contributed by atoms with Crippen molar-refractivity contribution < 1.29 is 9.90 Å². The Kier molecular flexibility index (Phi) is 5.11. The highest BCUT2D eigenvalue weighted by Crippen LogP contribution is 2.21. The van der Waals surface area contributed by atoms with Crippen molar-refractivity contribution in [1.82, 2.24) is 24.1 Å². The van der Waals surface area contributed by atoms with Crippen LogP contribution in [-0.2, 0) is 5.60 Å². The molecule has 0 aliphatic carbocycles.